The van der Waals surface area contributed by atoms with Gasteiger partial charge in [0.2, 0.25) is 6.79 Å². The predicted molar refractivity (Wildman–Crippen MR) is 92.4 cm³/mol. The Hall–Kier alpha value is -1.14. The molecule has 0 radical (unpaired) electrons. The number of carbonyl (C=O) groups excluding carboxylic acids is 1. The van der Waals surface area contributed by atoms with E-state index in [1.54, 1.807) is 0 Å². The Morgan fingerprint density at radius 1 is 1.12 bits per heavy atom. The van der Waals surface area contributed by atoms with Gasteiger partial charge in [0.25, 0.3) is 0 Å². The molecule has 3 rings (SSSR count). The number of aliphatic carboxylic acids is 1. The first-order chi connectivity index (χ1) is 11.6. The number of rotatable bonds is 6. The zero-order valence-corrected chi connectivity index (χ0v) is 17.5. The van der Waals surface area contributed by atoms with Crippen LogP contribution in [0.3, 0.4) is 0 Å². The van der Waals surface area contributed by atoms with Crippen molar-refractivity contribution in [1.82, 2.24) is 0 Å². The van der Waals surface area contributed by atoms with E-state index in [9.17, 15) is 9.90 Å². The molecule has 1 aliphatic rings. The Bertz CT molecular complexity index is 734. The minimum Gasteiger partial charge on any atom is -0.549 e. The van der Waals surface area contributed by atoms with Crippen molar-refractivity contribution >= 4 is 17.7 Å². The standard InChI is InChI=1S/C19H20O4S.Na/c1-12(2)14-8-16-17(23-11-22-16)9-15(14)19(24-10-18(20)21)13-6-4-3-5-7-13;/h3-9,12,19H,10-11H2,1-2H3,(H,20,21);/q;+1/p-1. The van der Waals surface area contributed by atoms with Crippen LogP contribution in [-0.4, -0.2) is 18.5 Å². The molecule has 4 nitrogen and oxygen atoms in total. The number of fused-ring (bicyclic) bond motifs is 1. The molecule has 2 aromatic carbocycles. The topological polar surface area (TPSA) is 58.6 Å². The summed E-state index contributed by atoms with van der Waals surface area (Å²) in [4.78, 5) is 11.0. The number of carbonyl (C=O) groups is 1. The van der Waals surface area contributed by atoms with Crippen molar-refractivity contribution in [3.63, 3.8) is 0 Å². The van der Waals surface area contributed by atoms with E-state index < -0.39 is 5.97 Å². The van der Waals surface area contributed by atoms with Crippen LogP contribution in [0.1, 0.15) is 41.7 Å². The van der Waals surface area contributed by atoms with Crippen LogP contribution in [0.2, 0.25) is 0 Å². The summed E-state index contributed by atoms with van der Waals surface area (Å²) >= 11 is 1.35. The van der Waals surface area contributed by atoms with Crippen LogP contribution < -0.4 is 44.1 Å². The van der Waals surface area contributed by atoms with E-state index in [2.05, 4.69) is 13.8 Å². The summed E-state index contributed by atoms with van der Waals surface area (Å²) in [6, 6.07) is 13.9. The van der Waals surface area contributed by atoms with Gasteiger partial charge in [-0.3, -0.25) is 0 Å². The molecule has 0 saturated heterocycles. The predicted octanol–water partition coefficient (Wildman–Crippen LogP) is 0.115. The van der Waals surface area contributed by atoms with Gasteiger partial charge in [-0.2, -0.15) is 0 Å². The van der Waals surface area contributed by atoms with Crippen LogP contribution in [0.5, 0.6) is 11.5 Å². The molecule has 25 heavy (non-hydrogen) atoms. The molecule has 6 heteroatoms. The maximum absolute atomic E-state index is 11.0. The van der Waals surface area contributed by atoms with Crippen molar-refractivity contribution in [2.24, 2.45) is 0 Å². The number of thioether (sulfide) groups is 1. The fourth-order valence-electron chi connectivity index (χ4n) is 2.85. The molecule has 1 heterocycles. The molecule has 0 saturated carbocycles. The van der Waals surface area contributed by atoms with Gasteiger partial charge in [-0.1, -0.05) is 44.2 Å². The molecule has 0 bridgehead atoms. The molecule has 1 aliphatic heterocycles. The summed E-state index contributed by atoms with van der Waals surface area (Å²) in [5.74, 6) is 0.617. The number of hydrogen-bond donors (Lipinski definition) is 0. The van der Waals surface area contributed by atoms with Crippen molar-refractivity contribution in [1.29, 1.82) is 0 Å². The Kier molecular flexibility index (Phi) is 7.25. The zero-order valence-electron chi connectivity index (χ0n) is 14.7. The second-order valence-corrected chi connectivity index (χ2v) is 7.06. The van der Waals surface area contributed by atoms with Gasteiger partial charge in [0, 0.05) is 5.75 Å². The third-order valence-electron chi connectivity index (χ3n) is 3.95. The second-order valence-electron chi connectivity index (χ2n) is 5.96. The van der Waals surface area contributed by atoms with Crippen molar-refractivity contribution < 1.29 is 48.9 Å². The first-order valence-corrected chi connectivity index (χ1v) is 8.91. The van der Waals surface area contributed by atoms with Crippen LogP contribution in [0.25, 0.3) is 0 Å². The van der Waals surface area contributed by atoms with E-state index in [4.69, 9.17) is 9.47 Å². The normalized spacial score (nSPS) is 13.4. The Morgan fingerprint density at radius 2 is 1.72 bits per heavy atom. The largest absolute Gasteiger partial charge is 1.00 e. The quantitative estimate of drug-likeness (QED) is 0.680. The number of benzene rings is 2. The van der Waals surface area contributed by atoms with Crippen LogP contribution in [0.15, 0.2) is 42.5 Å². The minimum atomic E-state index is -1.06. The van der Waals surface area contributed by atoms with Gasteiger partial charge >= 0.3 is 29.6 Å². The maximum atomic E-state index is 11.0. The fourth-order valence-corrected chi connectivity index (χ4v) is 3.88. The summed E-state index contributed by atoms with van der Waals surface area (Å²) in [7, 11) is 0. The third-order valence-corrected chi connectivity index (χ3v) is 5.21. The number of carboxylic acids is 1. The maximum Gasteiger partial charge on any atom is 1.00 e. The van der Waals surface area contributed by atoms with E-state index in [-0.39, 0.29) is 53.3 Å². The van der Waals surface area contributed by atoms with Gasteiger partial charge in [-0.15, -0.1) is 11.8 Å². The molecule has 1 unspecified atom stereocenters. The molecular weight excluding hydrogens is 347 g/mol. The van der Waals surface area contributed by atoms with E-state index >= 15 is 0 Å². The van der Waals surface area contributed by atoms with Crippen molar-refractivity contribution in [3.05, 3.63) is 59.2 Å². The van der Waals surface area contributed by atoms with E-state index in [1.807, 2.05) is 42.5 Å². The van der Waals surface area contributed by atoms with Crippen molar-refractivity contribution in [2.45, 2.75) is 25.0 Å². The van der Waals surface area contributed by atoms with Gasteiger partial charge in [0.05, 0.1) is 11.2 Å². The van der Waals surface area contributed by atoms with Crippen molar-refractivity contribution in [3.8, 4) is 11.5 Å². The molecule has 0 aromatic heterocycles. The summed E-state index contributed by atoms with van der Waals surface area (Å²) in [5.41, 5.74) is 3.26. The first-order valence-electron chi connectivity index (χ1n) is 7.86. The molecule has 0 N–H and O–H groups in total. The second kappa shape index (κ2) is 8.99. The first kappa shape index (κ1) is 20.2. The molecule has 0 spiro atoms. The molecule has 1 atom stereocenters. The molecule has 126 valence electrons. The van der Waals surface area contributed by atoms with Gasteiger partial charge in [-0.05, 0) is 34.7 Å². The summed E-state index contributed by atoms with van der Waals surface area (Å²) in [5, 5.41) is 10.9. The van der Waals surface area contributed by atoms with Gasteiger partial charge in [-0.25, -0.2) is 0 Å². The van der Waals surface area contributed by atoms with Crippen LogP contribution in [0, 0.1) is 0 Å². The van der Waals surface area contributed by atoms with Crippen molar-refractivity contribution in [2.75, 3.05) is 12.5 Å². The average Bonchev–Trinajstić information content (AvgIpc) is 3.02. The number of ether oxygens (including phenoxy) is 2. The third kappa shape index (κ3) is 4.73. The van der Waals surface area contributed by atoms with E-state index in [1.165, 1.54) is 11.8 Å². The van der Waals surface area contributed by atoms with E-state index in [0.717, 1.165) is 22.4 Å². The fraction of sp³-hybridized carbons (Fsp3) is 0.316. The molecule has 0 amide bonds. The van der Waals surface area contributed by atoms with Gasteiger partial charge < -0.3 is 19.4 Å². The minimum absolute atomic E-state index is 0. The van der Waals surface area contributed by atoms with Crippen LogP contribution >= 0.6 is 11.8 Å². The summed E-state index contributed by atoms with van der Waals surface area (Å²) < 4.78 is 11.0. The summed E-state index contributed by atoms with van der Waals surface area (Å²) in [6.07, 6.45) is 0. The van der Waals surface area contributed by atoms with Crippen LogP contribution in [0.4, 0.5) is 0 Å². The number of hydrogen-bond acceptors (Lipinski definition) is 5. The smallest absolute Gasteiger partial charge is 0.549 e. The van der Waals surface area contributed by atoms with Crippen LogP contribution in [-0.2, 0) is 4.79 Å². The number of carboxylic acid groups (broad SMARTS) is 1. The molecule has 0 fully saturated rings. The average molecular weight is 366 g/mol. The summed E-state index contributed by atoms with van der Waals surface area (Å²) in [6.45, 7) is 4.46. The Morgan fingerprint density at radius 3 is 2.28 bits per heavy atom. The Labute approximate surface area is 174 Å². The molecule has 2 aromatic rings. The van der Waals surface area contributed by atoms with Gasteiger partial charge in [0.15, 0.2) is 11.5 Å². The molecule has 0 aliphatic carbocycles. The van der Waals surface area contributed by atoms with E-state index in [0.29, 0.717) is 5.75 Å². The Balaban J connectivity index is 0.00000225. The molecular formula is C19H19NaO4S. The zero-order chi connectivity index (χ0) is 17.1. The SMILES string of the molecule is CC(C)c1cc2c(cc1C(SCC(=O)[O-])c1ccccc1)OCO2.[Na+]. The monoisotopic (exact) mass is 366 g/mol. The van der Waals surface area contributed by atoms with Gasteiger partial charge in [0.1, 0.15) is 0 Å².